The first kappa shape index (κ1) is 13.1. The van der Waals surface area contributed by atoms with Crippen molar-refractivity contribution in [1.82, 2.24) is 0 Å². The summed E-state index contributed by atoms with van der Waals surface area (Å²) in [4.78, 5) is 0. The van der Waals surface area contributed by atoms with Crippen LogP contribution in [0, 0.1) is 0 Å². The smallest absolute Gasteiger partial charge is 0.178 e. The van der Waals surface area contributed by atoms with E-state index in [1.807, 2.05) is 0 Å². The maximum Gasteiger partial charge on any atom is 1.00 e. The zero-order valence-electron chi connectivity index (χ0n) is 11.2. The van der Waals surface area contributed by atoms with Crippen molar-refractivity contribution in [2.45, 2.75) is 78.7 Å². The highest BCUT2D eigenvalue weighted by atomic mass is 14.0. The van der Waals surface area contributed by atoms with Gasteiger partial charge in [-0.1, -0.05) is 53.4 Å². The van der Waals surface area contributed by atoms with Gasteiger partial charge in [-0.25, -0.2) is 0 Å². The van der Waals surface area contributed by atoms with Crippen LogP contribution in [-0.4, -0.2) is 6.15 Å². The predicted molar refractivity (Wildman–Crippen MR) is 67.3 cm³/mol. The molecule has 1 heteroatoms. The molecule has 0 nitrogen and oxygen atoms in total. The second-order valence-corrected chi connectivity index (χ2v) is 4.89. The van der Waals surface area contributed by atoms with Crippen molar-refractivity contribution in [3.05, 3.63) is 0 Å². The van der Waals surface area contributed by atoms with Crippen LogP contribution >= 0.6 is 0 Å². The Bertz CT molecular complexity index is 85.4. The van der Waals surface area contributed by atoms with Crippen molar-refractivity contribution in [2.75, 3.05) is 0 Å². The average Bonchev–Trinajstić information content (AvgIpc) is 2.06. The Kier molecular flexibility index (Phi) is 7.50. The Hall–Kier alpha value is 0.0649. The summed E-state index contributed by atoms with van der Waals surface area (Å²) in [6, 6.07) is 0. The summed E-state index contributed by atoms with van der Waals surface area (Å²) in [5.41, 5.74) is 0. The van der Waals surface area contributed by atoms with Gasteiger partial charge in [0.25, 0.3) is 0 Å². The molecule has 0 spiro atoms. The Morgan fingerprint density at radius 2 is 0.846 bits per heavy atom. The van der Waals surface area contributed by atoms with Crippen molar-refractivity contribution >= 4 is 6.15 Å². The highest BCUT2D eigenvalue weighted by Gasteiger charge is 2.20. The monoisotopic (exact) mass is 184 g/mol. The normalized spacial score (nSPS) is 12.0. The number of rotatable bonds is 8. The number of hydrogen-bond acceptors (Lipinski definition) is 0. The van der Waals surface area contributed by atoms with Crippen LogP contribution in [0.15, 0.2) is 0 Å². The minimum atomic E-state index is 0. The van der Waals surface area contributed by atoms with E-state index in [4.69, 9.17) is 0 Å². The second-order valence-electron chi connectivity index (χ2n) is 4.89. The second kappa shape index (κ2) is 7.47. The van der Waals surface area contributed by atoms with Crippen molar-refractivity contribution in [3.63, 3.8) is 0 Å². The van der Waals surface area contributed by atoms with Gasteiger partial charge < -0.3 is 0 Å². The van der Waals surface area contributed by atoms with Gasteiger partial charge in [0.05, 0.1) is 0 Å². The molecule has 0 bridgehead atoms. The molecule has 0 saturated carbocycles. The minimum Gasteiger partial charge on any atom is -0.178 e. The van der Waals surface area contributed by atoms with E-state index in [1.54, 1.807) is 0 Å². The summed E-state index contributed by atoms with van der Waals surface area (Å²) >= 11 is 0. The molecule has 0 atom stereocenters. The van der Waals surface area contributed by atoms with Gasteiger partial charge in [0.1, 0.15) is 0 Å². The molecule has 0 heterocycles. The first-order valence-electron chi connectivity index (χ1n) is 6.46. The van der Waals surface area contributed by atoms with E-state index >= 15 is 0 Å². The Balaban J connectivity index is 0. The molecule has 80 valence electrons. The molecule has 0 aromatic carbocycles. The van der Waals surface area contributed by atoms with Gasteiger partial charge in [0.15, 0.2) is 0 Å². The lowest BCUT2D eigenvalue weighted by Gasteiger charge is -2.39. The predicted octanol–water partition coefficient (Wildman–Crippen LogP) is 5.19. The zero-order chi connectivity index (χ0) is 10.2. The SMILES string of the molecule is CCC[B-](CCC)(CCC)CCC.[H+]. The molecular formula is C12H29B. The maximum absolute atomic E-state index is 2.34. The van der Waals surface area contributed by atoms with Gasteiger partial charge >= 0.3 is 1.43 Å². The molecule has 0 aromatic heterocycles. The summed E-state index contributed by atoms with van der Waals surface area (Å²) in [6.07, 6.45) is 11.6. The lowest BCUT2D eigenvalue weighted by atomic mass is 9.17. The third-order valence-corrected chi connectivity index (χ3v) is 3.60. The summed E-state index contributed by atoms with van der Waals surface area (Å²) in [6.45, 7) is 9.38. The lowest BCUT2D eigenvalue weighted by molar-refractivity contribution is 0.881. The van der Waals surface area contributed by atoms with Crippen molar-refractivity contribution < 1.29 is 1.43 Å². The topological polar surface area (TPSA) is 0 Å². The number of hydrogen-bond donors (Lipinski definition) is 0. The van der Waals surface area contributed by atoms with Crippen LogP contribution in [0.2, 0.25) is 25.3 Å². The average molecular weight is 184 g/mol. The van der Waals surface area contributed by atoms with Gasteiger partial charge in [-0.05, 0) is 0 Å². The van der Waals surface area contributed by atoms with Crippen molar-refractivity contribution in [1.29, 1.82) is 0 Å². The fraction of sp³-hybridized carbons (Fsp3) is 1.00. The molecule has 0 amide bonds. The third kappa shape index (κ3) is 4.74. The summed E-state index contributed by atoms with van der Waals surface area (Å²) in [5, 5.41) is 0. The van der Waals surface area contributed by atoms with E-state index in [-0.39, 0.29) is 7.57 Å². The molecule has 0 aromatic rings. The largest absolute Gasteiger partial charge is 1.00 e. The summed E-state index contributed by atoms with van der Waals surface area (Å²) in [7, 11) is 0. The van der Waals surface area contributed by atoms with Crippen LogP contribution in [0.25, 0.3) is 0 Å². The van der Waals surface area contributed by atoms with Gasteiger partial charge in [-0.3, -0.25) is 0 Å². The molecule has 0 unspecified atom stereocenters. The van der Waals surface area contributed by atoms with Gasteiger partial charge in [-0.15, -0.1) is 0 Å². The van der Waals surface area contributed by atoms with Crippen molar-refractivity contribution in [2.24, 2.45) is 0 Å². The maximum atomic E-state index is 2.34. The molecule has 0 aliphatic heterocycles. The Morgan fingerprint density at radius 3 is 1.00 bits per heavy atom. The van der Waals surface area contributed by atoms with E-state index in [1.165, 1.54) is 51.0 Å². The molecule has 0 fully saturated rings. The van der Waals surface area contributed by atoms with Crippen LogP contribution in [0.5, 0.6) is 0 Å². The van der Waals surface area contributed by atoms with Gasteiger partial charge in [0, 0.05) is 6.15 Å². The zero-order valence-corrected chi connectivity index (χ0v) is 10.2. The minimum absolute atomic E-state index is 0. The first-order valence-corrected chi connectivity index (χ1v) is 6.46. The van der Waals surface area contributed by atoms with Gasteiger partial charge in [-0.2, -0.15) is 25.3 Å². The van der Waals surface area contributed by atoms with E-state index in [9.17, 15) is 0 Å². The summed E-state index contributed by atoms with van der Waals surface area (Å²) in [5.74, 6) is 0. The van der Waals surface area contributed by atoms with Crippen LogP contribution < -0.4 is 0 Å². The Labute approximate surface area is 86.9 Å². The summed E-state index contributed by atoms with van der Waals surface area (Å²) < 4.78 is 0. The first-order chi connectivity index (χ1) is 6.24. The molecule has 0 N–H and O–H groups in total. The molecule has 0 saturated heterocycles. The van der Waals surface area contributed by atoms with E-state index < -0.39 is 0 Å². The van der Waals surface area contributed by atoms with Crippen LogP contribution in [-0.2, 0) is 0 Å². The Morgan fingerprint density at radius 1 is 0.615 bits per heavy atom. The molecule has 0 radical (unpaired) electrons. The van der Waals surface area contributed by atoms with Crippen LogP contribution in [0.4, 0.5) is 0 Å². The van der Waals surface area contributed by atoms with Crippen LogP contribution in [0.3, 0.4) is 0 Å². The molecule has 0 aliphatic rings. The fourth-order valence-corrected chi connectivity index (χ4v) is 3.32. The highest BCUT2D eigenvalue weighted by molar-refractivity contribution is 6.79. The van der Waals surface area contributed by atoms with Crippen LogP contribution in [0.1, 0.15) is 54.8 Å². The third-order valence-electron chi connectivity index (χ3n) is 3.60. The van der Waals surface area contributed by atoms with Gasteiger partial charge in [0.2, 0.25) is 0 Å². The molecule has 13 heavy (non-hydrogen) atoms. The molecular weight excluding hydrogens is 155 g/mol. The van der Waals surface area contributed by atoms with Crippen molar-refractivity contribution in [3.8, 4) is 0 Å². The quantitative estimate of drug-likeness (QED) is 0.455. The molecule has 0 aliphatic carbocycles. The molecule has 0 rings (SSSR count). The van der Waals surface area contributed by atoms with E-state index in [0.29, 0.717) is 0 Å². The van der Waals surface area contributed by atoms with E-state index in [2.05, 4.69) is 27.7 Å². The fourth-order valence-electron chi connectivity index (χ4n) is 3.32. The highest BCUT2D eigenvalue weighted by Crippen LogP contribution is 2.31. The standard InChI is InChI=1S/C12H28B/c1-5-9-13(10-6-2,11-7-3)12-8-4/h5-12H2,1-4H3/q-1/p+1. The van der Waals surface area contributed by atoms with E-state index in [0.717, 1.165) is 0 Å². The lowest BCUT2D eigenvalue weighted by Crippen LogP contribution is -2.32.